The Kier molecular flexibility index (Phi) is 7.49. The Balaban J connectivity index is 1.72. The third kappa shape index (κ3) is 5.16. The second kappa shape index (κ2) is 9.66. The second-order valence-corrected chi connectivity index (χ2v) is 6.66. The zero-order valence-corrected chi connectivity index (χ0v) is 14.5. The van der Waals surface area contributed by atoms with Crippen molar-refractivity contribution in [2.45, 2.75) is 78.1 Å². The van der Waals surface area contributed by atoms with Gasteiger partial charge in [-0.1, -0.05) is 94.7 Å². The molecule has 0 heterocycles. The molecule has 0 spiro atoms. The number of fused-ring (bicyclic) bond motifs is 1. The number of benzene rings is 2. The maximum absolute atomic E-state index is 2.29. The first-order valence-corrected chi connectivity index (χ1v) is 9.30. The van der Waals surface area contributed by atoms with Gasteiger partial charge in [0, 0.05) is 0 Å². The zero-order valence-electron chi connectivity index (χ0n) is 14.5. The van der Waals surface area contributed by atoms with Crippen LogP contribution in [0.3, 0.4) is 0 Å². The summed E-state index contributed by atoms with van der Waals surface area (Å²) in [7, 11) is 0. The average molecular weight is 296 g/mol. The average Bonchev–Trinajstić information content (AvgIpc) is 2.55. The molecule has 2 aromatic rings. The molecule has 0 unspecified atom stereocenters. The maximum Gasteiger partial charge on any atom is -0.0149 e. The summed E-state index contributed by atoms with van der Waals surface area (Å²) in [6.45, 7) is 4.55. The number of hydrogen-bond acceptors (Lipinski definition) is 0. The molecule has 0 aliphatic carbocycles. The largest absolute Gasteiger partial charge is 0.0654 e. The highest BCUT2D eigenvalue weighted by molar-refractivity contribution is 5.86. The third-order valence-electron chi connectivity index (χ3n) is 4.81. The van der Waals surface area contributed by atoms with E-state index >= 15 is 0 Å². The molecule has 0 amide bonds. The number of unbranched alkanes of at least 4 members (excludes halogenated alkanes) is 8. The highest BCUT2D eigenvalue weighted by Crippen LogP contribution is 2.24. The summed E-state index contributed by atoms with van der Waals surface area (Å²) >= 11 is 0. The first-order chi connectivity index (χ1) is 10.8. The van der Waals surface area contributed by atoms with Gasteiger partial charge in [0.1, 0.15) is 0 Å². The normalized spacial score (nSPS) is 11.2. The molecule has 120 valence electrons. The van der Waals surface area contributed by atoms with Gasteiger partial charge in [-0.15, -0.1) is 0 Å². The molecule has 0 N–H and O–H groups in total. The van der Waals surface area contributed by atoms with Crippen LogP contribution >= 0.6 is 0 Å². The highest BCUT2D eigenvalue weighted by atomic mass is 14.1. The molecular formula is C22H32. The van der Waals surface area contributed by atoms with Crippen molar-refractivity contribution in [1.82, 2.24) is 0 Å². The second-order valence-electron chi connectivity index (χ2n) is 6.66. The van der Waals surface area contributed by atoms with Gasteiger partial charge in [-0.05, 0) is 41.7 Å². The maximum atomic E-state index is 2.29. The van der Waals surface area contributed by atoms with Crippen molar-refractivity contribution in [2.24, 2.45) is 0 Å². The van der Waals surface area contributed by atoms with Crippen LogP contribution in [0.5, 0.6) is 0 Å². The predicted octanol–water partition coefficient (Wildman–Crippen LogP) is 7.22. The Morgan fingerprint density at radius 2 is 1.32 bits per heavy atom. The predicted molar refractivity (Wildman–Crippen MR) is 99.6 cm³/mol. The van der Waals surface area contributed by atoms with Crippen molar-refractivity contribution >= 4 is 10.8 Å². The van der Waals surface area contributed by atoms with Gasteiger partial charge < -0.3 is 0 Å². The van der Waals surface area contributed by atoms with Crippen molar-refractivity contribution in [3.8, 4) is 0 Å². The van der Waals surface area contributed by atoms with Gasteiger partial charge in [0.25, 0.3) is 0 Å². The van der Waals surface area contributed by atoms with E-state index in [1.807, 2.05) is 0 Å². The minimum absolute atomic E-state index is 1.24. The van der Waals surface area contributed by atoms with Crippen LogP contribution in [0.2, 0.25) is 0 Å². The number of hydrogen-bond donors (Lipinski definition) is 0. The minimum atomic E-state index is 1.24. The van der Waals surface area contributed by atoms with Crippen LogP contribution in [0.4, 0.5) is 0 Å². The van der Waals surface area contributed by atoms with Crippen molar-refractivity contribution in [2.75, 3.05) is 0 Å². The summed E-state index contributed by atoms with van der Waals surface area (Å²) < 4.78 is 0. The Morgan fingerprint density at radius 1 is 0.682 bits per heavy atom. The lowest BCUT2D eigenvalue weighted by atomic mass is 9.95. The molecule has 0 fully saturated rings. The van der Waals surface area contributed by atoms with Crippen LogP contribution in [-0.2, 0) is 6.42 Å². The van der Waals surface area contributed by atoms with E-state index in [0.717, 1.165) is 0 Å². The Labute approximate surface area is 136 Å². The van der Waals surface area contributed by atoms with Crippen LogP contribution < -0.4 is 0 Å². The molecule has 0 aliphatic rings. The Morgan fingerprint density at radius 3 is 2.05 bits per heavy atom. The first-order valence-electron chi connectivity index (χ1n) is 9.30. The summed E-state index contributed by atoms with van der Waals surface area (Å²) in [6, 6.07) is 13.4. The third-order valence-corrected chi connectivity index (χ3v) is 4.81. The van der Waals surface area contributed by atoms with E-state index in [4.69, 9.17) is 0 Å². The molecule has 0 aliphatic heterocycles. The zero-order chi connectivity index (χ0) is 15.6. The van der Waals surface area contributed by atoms with E-state index < -0.39 is 0 Å². The smallest absolute Gasteiger partial charge is 0.0149 e. The SMILES string of the molecule is CCCCCCCCCCCc1c(C)ccc2ccccc12. The molecule has 0 bridgehead atoms. The molecule has 0 heteroatoms. The fourth-order valence-corrected chi connectivity index (χ4v) is 3.39. The van der Waals surface area contributed by atoms with E-state index in [2.05, 4.69) is 50.2 Å². The summed E-state index contributed by atoms with van der Waals surface area (Å²) in [5.74, 6) is 0. The van der Waals surface area contributed by atoms with Crippen LogP contribution in [0.25, 0.3) is 10.8 Å². The van der Waals surface area contributed by atoms with E-state index in [-0.39, 0.29) is 0 Å². The van der Waals surface area contributed by atoms with Crippen LogP contribution in [0.15, 0.2) is 36.4 Å². The fourth-order valence-electron chi connectivity index (χ4n) is 3.39. The van der Waals surface area contributed by atoms with Gasteiger partial charge in [0.05, 0.1) is 0 Å². The lowest BCUT2D eigenvalue weighted by molar-refractivity contribution is 0.565. The minimum Gasteiger partial charge on any atom is -0.0654 e. The van der Waals surface area contributed by atoms with E-state index in [0.29, 0.717) is 0 Å². The molecule has 2 rings (SSSR count). The lowest BCUT2D eigenvalue weighted by Crippen LogP contribution is -1.92. The topological polar surface area (TPSA) is 0 Å². The standard InChI is InChI=1S/C22H32/c1-3-4-5-6-7-8-9-10-11-15-21-19(2)17-18-20-14-12-13-16-22(20)21/h12-14,16-18H,3-11,15H2,1-2H3. The van der Waals surface area contributed by atoms with Crippen LogP contribution in [-0.4, -0.2) is 0 Å². The van der Waals surface area contributed by atoms with Gasteiger partial charge in [-0.25, -0.2) is 0 Å². The van der Waals surface area contributed by atoms with E-state index in [1.165, 1.54) is 80.5 Å². The first kappa shape index (κ1) is 17.1. The molecule has 0 saturated heterocycles. The van der Waals surface area contributed by atoms with E-state index in [1.54, 1.807) is 5.56 Å². The fraction of sp³-hybridized carbons (Fsp3) is 0.545. The number of aryl methyl sites for hydroxylation is 2. The van der Waals surface area contributed by atoms with Crippen molar-refractivity contribution in [3.05, 3.63) is 47.5 Å². The molecule has 0 nitrogen and oxygen atoms in total. The summed E-state index contributed by atoms with van der Waals surface area (Å²) in [5, 5.41) is 2.85. The Bertz CT molecular complexity index is 553. The van der Waals surface area contributed by atoms with Crippen molar-refractivity contribution < 1.29 is 0 Å². The van der Waals surface area contributed by atoms with Crippen molar-refractivity contribution in [1.29, 1.82) is 0 Å². The Hall–Kier alpha value is -1.30. The number of rotatable bonds is 10. The van der Waals surface area contributed by atoms with Crippen molar-refractivity contribution in [3.63, 3.8) is 0 Å². The summed E-state index contributed by atoms with van der Waals surface area (Å²) in [4.78, 5) is 0. The quantitative estimate of drug-likeness (QED) is 0.406. The van der Waals surface area contributed by atoms with Gasteiger partial charge in [0.15, 0.2) is 0 Å². The molecule has 0 radical (unpaired) electrons. The molecule has 22 heavy (non-hydrogen) atoms. The summed E-state index contributed by atoms with van der Waals surface area (Å²) in [5.41, 5.74) is 3.03. The molecule has 0 atom stereocenters. The van der Waals surface area contributed by atoms with E-state index in [9.17, 15) is 0 Å². The molecule has 0 saturated carbocycles. The lowest BCUT2D eigenvalue weighted by Gasteiger charge is -2.10. The van der Waals surface area contributed by atoms with Gasteiger partial charge in [0.2, 0.25) is 0 Å². The van der Waals surface area contributed by atoms with Crippen LogP contribution in [0, 0.1) is 6.92 Å². The summed E-state index contributed by atoms with van der Waals surface area (Å²) in [6.07, 6.45) is 13.9. The van der Waals surface area contributed by atoms with Gasteiger partial charge in [-0.3, -0.25) is 0 Å². The van der Waals surface area contributed by atoms with Gasteiger partial charge in [-0.2, -0.15) is 0 Å². The molecule has 0 aromatic heterocycles. The molecule has 2 aromatic carbocycles. The van der Waals surface area contributed by atoms with Crippen LogP contribution in [0.1, 0.15) is 75.8 Å². The molecular weight excluding hydrogens is 264 g/mol. The highest BCUT2D eigenvalue weighted by Gasteiger charge is 2.04. The monoisotopic (exact) mass is 296 g/mol. The van der Waals surface area contributed by atoms with Gasteiger partial charge >= 0.3 is 0 Å².